The molecule has 0 unspecified atom stereocenters. The molecule has 3 heterocycles. The zero-order chi connectivity index (χ0) is 19.3. The van der Waals surface area contributed by atoms with Crippen molar-refractivity contribution in [3.8, 4) is 21.9 Å². The molecule has 3 aromatic rings. The van der Waals surface area contributed by atoms with E-state index < -0.39 is 0 Å². The molecule has 3 N–H and O–H groups in total. The summed E-state index contributed by atoms with van der Waals surface area (Å²) in [5, 5.41) is 3.49. The number of aromatic nitrogens is 2. The van der Waals surface area contributed by atoms with Gasteiger partial charge < -0.3 is 19.5 Å². The lowest BCUT2D eigenvalue weighted by Crippen LogP contribution is -2.40. The van der Waals surface area contributed by atoms with E-state index in [1.807, 2.05) is 24.3 Å². The molecule has 0 bridgehead atoms. The van der Waals surface area contributed by atoms with Crippen LogP contribution in [0.1, 0.15) is 0 Å². The number of hydrogen-bond donors (Lipinski definition) is 3. The van der Waals surface area contributed by atoms with Crippen molar-refractivity contribution in [3.63, 3.8) is 0 Å². The van der Waals surface area contributed by atoms with Crippen LogP contribution in [-0.4, -0.2) is 48.6 Å². The third kappa shape index (κ3) is 4.08. The molecule has 1 aliphatic heterocycles. The van der Waals surface area contributed by atoms with Gasteiger partial charge in [0, 0.05) is 18.5 Å². The van der Waals surface area contributed by atoms with E-state index in [-0.39, 0.29) is 0 Å². The zero-order valence-corrected chi connectivity index (χ0v) is 16.8. The third-order valence-electron chi connectivity index (χ3n) is 4.02. The molecule has 10 heteroatoms. The SMILES string of the molecule is COCCNC(=S)NNc1ncnc2cc(-c3ccc4c(c3)OCCO4)sc12. The topological polar surface area (TPSA) is 89.6 Å². The predicted octanol–water partition coefficient (Wildman–Crippen LogP) is 2.57. The molecule has 0 amide bonds. The minimum atomic E-state index is 0.465. The van der Waals surface area contributed by atoms with Crippen LogP contribution in [0, 0.1) is 0 Å². The Bertz CT molecular complexity index is 995. The molecule has 2 aromatic heterocycles. The second-order valence-electron chi connectivity index (χ2n) is 5.90. The molecule has 0 aliphatic carbocycles. The first-order valence-corrected chi connectivity index (χ1v) is 9.90. The minimum Gasteiger partial charge on any atom is -0.486 e. The van der Waals surface area contributed by atoms with Gasteiger partial charge in [0.2, 0.25) is 0 Å². The maximum Gasteiger partial charge on any atom is 0.185 e. The van der Waals surface area contributed by atoms with E-state index in [4.69, 9.17) is 26.4 Å². The molecule has 28 heavy (non-hydrogen) atoms. The summed E-state index contributed by atoms with van der Waals surface area (Å²) in [6.45, 7) is 2.33. The van der Waals surface area contributed by atoms with E-state index in [9.17, 15) is 0 Å². The van der Waals surface area contributed by atoms with E-state index in [2.05, 4.69) is 26.1 Å². The highest BCUT2D eigenvalue weighted by Crippen LogP contribution is 2.39. The van der Waals surface area contributed by atoms with Gasteiger partial charge in [-0.1, -0.05) is 0 Å². The van der Waals surface area contributed by atoms with Crippen molar-refractivity contribution < 1.29 is 14.2 Å². The van der Waals surface area contributed by atoms with E-state index in [1.165, 1.54) is 6.33 Å². The second kappa shape index (κ2) is 8.55. The Morgan fingerprint density at radius 1 is 1.21 bits per heavy atom. The van der Waals surface area contributed by atoms with Crippen molar-refractivity contribution in [1.82, 2.24) is 20.7 Å². The van der Waals surface area contributed by atoms with Crippen molar-refractivity contribution in [1.29, 1.82) is 0 Å². The summed E-state index contributed by atoms with van der Waals surface area (Å²) >= 11 is 6.82. The van der Waals surface area contributed by atoms with Crippen LogP contribution in [-0.2, 0) is 4.74 Å². The molecule has 1 aromatic carbocycles. The summed E-state index contributed by atoms with van der Waals surface area (Å²) in [5.74, 6) is 2.20. The monoisotopic (exact) mass is 417 g/mol. The summed E-state index contributed by atoms with van der Waals surface area (Å²) in [7, 11) is 1.64. The fraction of sp³-hybridized carbons (Fsp3) is 0.278. The van der Waals surface area contributed by atoms with Crippen molar-refractivity contribution in [2.75, 3.05) is 38.9 Å². The second-order valence-corrected chi connectivity index (χ2v) is 7.36. The Kier molecular flexibility index (Phi) is 5.70. The van der Waals surface area contributed by atoms with Crippen molar-refractivity contribution in [2.45, 2.75) is 0 Å². The fourth-order valence-corrected chi connectivity index (χ4v) is 3.91. The quantitative estimate of drug-likeness (QED) is 0.318. The summed E-state index contributed by atoms with van der Waals surface area (Å²) in [4.78, 5) is 9.76. The molecule has 0 spiro atoms. The van der Waals surface area contributed by atoms with Crippen molar-refractivity contribution in [3.05, 3.63) is 30.6 Å². The summed E-state index contributed by atoms with van der Waals surface area (Å²) < 4.78 is 17.2. The lowest BCUT2D eigenvalue weighted by atomic mass is 10.1. The van der Waals surface area contributed by atoms with Crippen LogP contribution >= 0.6 is 23.6 Å². The molecule has 4 rings (SSSR count). The van der Waals surface area contributed by atoms with Crippen LogP contribution in [0.25, 0.3) is 20.7 Å². The Hall–Kier alpha value is -2.69. The molecule has 0 fully saturated rings. The Morgan fingerprint density at radius 3 is 2.93 bits per heavy atom. The largest absolute Gasteiger partial charge is 0.486 e. The first kappa shape index (κ1) is 18.7. The van der Waals surface area contributed by atoms with Gasteiger partial charge in [-0.2, -0.15) is 0 Å². The Morgan fingerprint density at radius 2 is 2.07 bits per heavy atom. The molecular weight excluding hydrogens is 398 g/mol. The average molecular weight is 418 g/mol. The summed E-state index contributed by atoms with van der Waals surface area (Å²) in [6.07, 6.45) is 1.52. The van der Waals surface area contributed by atoms with Gasteiger partial charge in [0.05, 0.1) is 16.8 Å². The highest BCUT2D eigenvalue weighted by Gasteiger charge is 2.15. The number of nitrogens with zero attached hydrogens (tertiary/aromatic N) is 2. The number of hydrogen-bond acceptors (Lipinski definition) is 8. The van der Waals surface area contributed by atoms with Gasteiger partial charge in [0.15, 0.2) is 22.4 Å². The number of thiocarbonyl (C=S) groups is 1. The first-order chi connectivity index (χ1) is 13.7. The van der Waals surface area contributed by atoms with E-state index >= 15 is 0 Å². The summed E-state index contributed by atoms with van der Waals surface area (Å²) in [6, 6.07) is 7.98. The van der Waals surface area contributed by atoms with Crippen LogP contribution in [0.3, 0.4) is 0 Å². The van der Waals surface area contributed by atoms with Crippen LogP contribution < -0.4 is 25.6 Å². The van der Waals surface area contributed by atoms with Crippen LogP contribution in [0.2, 0.25) is 0 Å². The first-order valence-electron chi connectivity index (χ1n) is 8.68. The fourth-order valence-electron chi connectivity index (χ4n) is 2.71. The molecule has 0 saturated heterocycles. The van der Waals surface area contributed by atoms with Crippen LogP contribution in [0.5, 0.6) is 11.5 Å². The smallest absolute Gasteiger partial charge is 0.185 e. The minimum absolute atomic E-state index is 0.465. The Labute approximate surface area is 171 Å². The molecule has 146 valence electrons. The van der Waals surface area contributed by atoms with Gasteiger partial charge in [0.25, 0.3) is 0 Å². The number of rotatable bonds is 6. The predicted molar refractivity (Wildman–Crippen MR) is 113 cm³/mol. The molecular formula is C18H19N5O3S2. The molecule has 0 radical (unpaired) electrons. The third-order valence-corrected chi connectivity index (χ3v) is 5.45. The number of benzene rings is 1. The maximum absolute atomic E-state index is 5.69. The number of fused-ring (bicyclic) bond motifs is 2. The normalized spacial score (nSPS) is 12.6. The molecule has 0 saturated carbocycles. The van der Waals surface area contributed by atoms with E-state index in [1.54, 1.807) is 18.4 Å². The highest BCUT2D eigenvalue weighted by atomic mass is 32.1. The van der Waals surface area contributed by atoms with Crippen LogP contribution in [0.4, 0.5) is 5.82 Å². The van der Waals surface area contributed by atoms with Gasteiger partial charge in [-0.3, -0.25) is 10.9 Å². The summed E-state index contributed by atoms with van der Waals surface area (Å²) in [5.41, 5.74) is 7.88. The maximum atomic E-state index is 5.69. The van der Waals surface area contributed by atoms with Crippen molar-refractivity contribution >= 4 is 44.7 Å². The van der Waals surface area contributed by atoms with Crippen molar-refractivity contribution in [2.24, 2.45) is 0 Å². The number of nitrogens with one attached hydrogen (secondary N) is 3. The number of methoxy groups -OCH3 is 1. The number of ether oxygens (including phenoxy) is 3. The van der Waals surface area contributed by atoms with Gasteiger partial charge in [0.1, 0.15) is 19.5 Å². The van der Waals surface area contributed by atoms with E-state index in [0.717, 1.165) is 32.2 Å². The molecule has 0 atom stereocenters. The van der Waals surface area contributed by atoms with Gasteiger partial charge >= 0.3 is 0 Å². The average Bonchev–Trinajstić information content (AvgIpc) is 3.17. The molecule has 8 nitrogen and oxygen atoms in total. The number of anilines is 1. The Balaban J connectivity index is 1.53. The van der Waals surface area contributed by atoms with Gasteiger partial charge in [-0.15, -0.1) is 11.3 Å². The number of hydrazine groups is 1. The van der Waals surface area contributed by atoms with Gasteiger partial charge in [-0.05, 0) is 42.0 Å². The van der Waals surface area contributed by atoms with E-state index in [0.29, 0.717) is 37.3 Å². The van der Waals surface area contributed by atoms with Gasteiger partial charge in [-0.25, -0.2) is 9.97 Å². The lowest BCUT2D eigenvalue weighted by molar-refractivity contribution is 0.171. The van der Waals surface area contributed by atoms with Crippen LogP contribution in [0.15, 0.2) is 30.6 Å². The molecule has 1 aliphatic rings. The zero-order valence-electron chi connectivity index (χ0n) is 15.2. The number of thiophene rings is 1. The lowest BCUT2D eigenvalue weighted by Gasteiger charge is -2.18. The highest BCUT2D eigenvalue weighted by molar-refractivity contribution is 7.80. The standard InChI is InChI=1S/C18H19N5O3S2/c1-24-5-4-19-18(27)23-22-17-16-12(20-10-21-17)9-15(28-16)11-2-3-13-14(8-11)26-7-6-25-13/h2-3,8-10H,4-7H2,1H3,(H2,19,23,27)(H,20,21,22).